The van der Waals surface area contributed by atoms with Gasteiger partial charge in [0.25, 0.3) is 5.91 Å². The van der Waals surface area contributed by atoms with E-state index < -0.39 is 0 Å². The van der Waals surface area contributed by atoms with Crippen LogP contribution in [-0.4, -0.2) is 40.6 Å². The molecule has 0 aromatic carbocycles. The predicted molar refractivity (Wildman–Crippen MR) is 80.9 cm³/mol. The van der Waals surface area contributed by atoms with Gasteiger partial charge in [0.1, 0.15) is 5.69 Å². The molecule has 0 aliphatic heterocycles. The third-order valence-electron chi connectivity index (χ3n) is 3.38. The molecule has 2 aromatic heterocycles. The molecule has 20 heavy (non-hydrogen) atoms. The zero-order valence-corrected chi connectivity index (χ0v) is 12.6. The molecule has 1 unspecified atom stereocenters. The first-order valence-corrected chi connectivity index (χ1v) is 7.74. The molecule has 5 nitrogen and oxygen atoms in total. The summed E-state index contributed by atoms with van der Waals surface area (Å²) in [5.74, 6) is -0.116. The fourth-order valence-corrected chi connectivity index (χ4v) is 2.96. The van der Waals surface area contributed by atoms with Crippen LogP contribution < -0.4 is 5.32 Å². The topological polar surface area (TPSA) is 61.0 Å². The Morgan fingerprint density at radius 3 is 2.80 bits per heavy atom. The highest BCUT2D eigenvalue weighted by atomic mass is 32.1. The Bertz CT molecular complexity index is 505. The van der Waals surface area contributed by atoms with E-state index >= 15 is 0 Å². The van der Waals surface area contributed by atoms with E-state index in [0.717, 1.165) is 13.1 Å². The molecule has 2 heterocycles. The Morgan fingerprint density at radius 2 is 2.25 bits per heavy atom. The van der Waals surface area contributed by atoms with Crippen molar-refractivity contribution in [2.75, 3.05) is 19.6 Å². The maximum absolute atomic E-state index is 12.0. The van der Waals surface area contributed by atoms with Crippen molar-refractivity contribution in [3.05, 3.63) is 40.3 Å². The lowest BCUT2D eigenvalue weighted by Crippen LogP contribution is -2.38. The summed E-state index contributed by atoms with van der Waals surface area (Å²) < 4.78 is 0. The van der Waals surface area contributed by atoms with Crippen LogP contribution in [0.4, 0.5) is 0 Å². The Morgan fingerprint density at radius 1 is 1.45 bits per heavy atom. The van der Waals surface area contributed by atoms with Crippen molar-refractivity contribution in [1.82, 2.24) is 20.4 Å². The minimum absolute atomic E-state index is 0.116. The second kappa shape index (κ2) is 7.21. The van der Waals surface area contributed by atoms with Crippen molar-refractivity contribution >= 4 is 17.2 Å². The second-order valence-electron chi connectivity index (χ2n) is 4.47. The first-order valence-electron chi connectivity index (χ1n) is 6.80. The fraction of sp³-hybridized carbons (Fsp3) is 0.429. The molecule has 0 aliphatic carbocycles. The van der Waals surface area contributed by atoms with Gasteiger partial charge < -0.3 is 5.32 Å². The van der Waals surface area contributed by atoms with Crippen LogP contribution >= 0.6 is 11.3 Å². The number of aromatic amines is 1. The maximum Gasteiger partial charge on any atom is 0.269 e. The van der Waals surface area contributed by atoms with Crippen LogP contribution in [0.2, 0.25) is 0 Å². The summed E-state index contributed by atoms with van der Waals surface area (Å²) in [4.78, 5) is 14.3. The molecule has 0 spiro atoms. The molecule has 0 bridgehead atoms. The van der Waals surface area contributed by atoms with Gasteiger partial charge in [-0.25, -0.2) is 0 Å². The molecule has 0 saturated carbocycles. The molecule has 6 heteroatoms. The van der Waals surface area contributed by atoms with Crippen molar-refractivity contribution in [2.45, 2.75) is 19.9 Å². The van der Waals surface area contributed by atoms with Crippen molar-refractivity contribution in [3.63, 3.8) is 0 Å². The number of hydrogen-bond acceptors (Lipinski definition) is 4. The largest absolute Gasteiger partial charge is 0.349 e. The zero-order chi connectivity index (χ0) is 14.4. The highest BCUT2D eigenvalue weighted by Gasteiger charge is 2.19. The number of carbonyl (C=O) groups is 1. The fourth-order valence-electron chi connectivity index (χ4n) is 2.25. The molecule has 1 atom stereocenters. The number of H-pyrrole nitrogens is 1. The first kappa shape index (κ1) is 14.7. The molecule has 2 aromatic rings. The van der Waals surface area contributed by atoms with E-state index in [1.807, 2.05) is 0 Å². The van der Waals surface area contributed by atoms with E-state index in [1.54, 1.807) is 23.6 Å². The van der Waals surface area contributed by atoms with Crippen LogP contribution in [0.1, 0.15) is 35.9 Å². The lowest BCUT2D eigenvalue weighted by Gasteiger charge is -2.29. The smallest absolute Gasteiger partial charge is 0.269 e. The van der Waals surface area contributed by atoms with Gasteiger partial charge in [0, 0.05) is 12.7 Å². The van der Waals surface area contributed by atoms with Crippen molar-refractivity contribution < 1.29 is 4.79 Å². The van der Waals surface area contributed by atoms with Gasteiger partial charge in [-0.1, -0.05) is 13.8 Å². The highest BCUT2D eigenvalue weighted by molar-refractivity contribution is 7.07. The van der Waals surface area contributed by atoms with Crippen molar-refractivity contribution in [3.8, 4) is 0 Å². The van der Waals surface area contributed by atoms with Gasteiger partial charge in [-0.2, -0.15) is 16.4 Å². The lowest BCUT2D eigenvalue weighted by atomic mass is 10.1. The average molecular weight is 292 g/mol. The maximum atomic E-state index is 12.0. The SMILES string of the molecule is CCN(CC)C(CNC(=O)c1ccn[nH]1)c1ccsc1. The number of thiophene rings is 1. The number of nitrogens with one attached hydrogen (secondary N) is 2. The second-order valence-corrected chi connectivity index (χ2v) is 5.25. The van der Waals surface area contributed by atoms with Crippen LogP contribution in [0.3, 0.4) is 0 Å². The molecular formula is C14H20N4OS. The monoisotopic (exact) mass is 292 g/mol. The van der Waals surface area contributed by atoms with Crippen LogP contribution in [0.15, 0.2) is 29.1 Å². The Hall–Kier alpha value is -1.66. The average Bonchev–Trinajstić information content (AvgIpc) is 3.15. The normalized spacial score (nSPS) is 12.6. The molecule has 0 aliphatic rings. The third kappa shape index (κ3) is 3.46. The van der Waals surface area contributed by atoms with Crippen molar-refractivity contribution in [2.24, 2.45) is 0 Å². The predicted octanol–water partition coefficient (Wildman–Crippen LogP) is 2.28. The van der Waals surface area contributed by atoms with E-state index in [0.29, 0.717) is 12.2 Å². The quantitative estimate of drug-likeness (QED) is 0.823. The molecule has 108 valence electrons. The summed E-state index contributed by atoms with van der Waals surface area (Å²) in [7, 11) is 0. The van der Waals surface area contributed by atoms with Gasteiger partial charge in [0.15, 0.2) is 0 Å². The van der Waals surface area contributed by atoms with E-state index in [2.05, 4.69) is 51.1 Å². The molecule has 1 amide bonds. The summed E-state index contributed by atoms with van der Waals surface area (Å²) in [6, 6.07) is 4.01. The van der Waals surface area contributed by atoms with Gasteiger partial charge in [0.05, 0.1) is 6.04 Å². The summed E-state index contributed by atoms with van der Waals surface area (Å²) in [5, 5.41) is 13.7. The number of amides is 1. The molecule has 0 fully saturated rings. The molecule has 0 saturated heterocycles. The molecule has 2 rings (SSSR count). The van der Waals surface area contributed by atoms with Crippen LogP contribution in [0, 0.1) is 0 Å². The molecule has 0 radical (unpaired) electrons. The van der Waals surface area contributed by atoms with E-state index in [9.17, 15) is 4.79 Å². The van der Waals surface area contributed by atoms with Gasteiger partial charge >= 0.3 is 0 Å². The minimum Gasteiger partial charge on any atom is -0.349 e. The van der Waals surface area contributed by atoms with Gasteiger partial charge in [-0.3, -0.25) is 14.8 Å². The number of rotatable bonds is 7. The van der Waals surface area contributed by atoms with Crippen molar-refractivity contribution in [1.29, 1.82) is 0 Å². The van der Waals surface area contributed by atoms with E-state index in [1.165, 1.54) is 5.56 Å². The number of hydrogen-bond donors (Lipinski definition) is 2. The van der Waals surface area contributed by atoms with Gasteiger partial charge in [0.2, 0.25) is 0 Å². The molecular weight excluding hydrogens is 272 g/mol. The molecule has 2 N–H and O–H groups in total. The number of aromatic nitrogens is 2. The summed E-state index contributed by atoms with van der Waals surface area (Å²) in [6.07, 6.45) is 1.58. The third-order valence-corrected chi connectivity index (χ3v) is 4.08. The highest BCUT2D eigenvalue weighted by Crippen LogP contribution is 2.22. The summed E-state index contributed by atoms with van der Waals surface area (Å²) in [6.45, 7) is 6.78. The van der Waals surface area contributed by atoms with Gasteiger partial charge in [-0.15, -0.1) is 0 Å². The summed E-state index contributed by atoms with van der Waals surface area (Å²) in [5.41, 5.74) is 1.75. The zero-order valence-electron chi connectivity index (χ0n) is 11.8. The number of carbonyl (C=O) groups excluding carboxylic acids is 1. The van der Waals surface area contributed by atoms with E-state index in [4.69, 9.17) is 0 Å². The number of nitrogens with zero attached hydrogens (tertiary/aromatic N) is 2. The number of likely N-dealkylation sites (N-methyl/N-ethyl adjacent to an activating group) is 1. The Kier molecular flexibility index (Phi) is 5.31. The Balaban J connectivity index is 2.03. The minimum atomic E-state index is -0.116. The van der Waals surface area contributed by atoms with Gasteiger partial charge in [-0.05, 0) is 41.5 Å². The standard InChI is InChI=1S/C14H20N4OS/c1-3-18(4-2)13(11-6-8-20-10-11)9-15-14(19)12-5-7-16-17-12/h5-8,10,13H,3-4,9H2,1-2H3,(H,15,19)(H,16,17). The Labute approximate surface area is 123 Å². The van der Waals surface area contributed by atoms with E-state index in [-0.39, 0.29) is 11.9 Å². The first-order chi connectivity index (χ1) is 9.76. The lowest BCUT2D eigenvalue weighted by molar-refractivity contribution is 0.0930. The van der Waals surface area contributed by atoms with Crippen LogP contribution in [0.25, 0.3) is 0 Å². The van der Waals surface area contributed by atoms with Crippen LogP contribution in [0.5, 0.6) is 0 Å². The summed E-state index contributed by atoms with van der Waals surface area (Å²) >= 11 is 1.68. The van der Waals surface area contributed by atoms with Crippen LogP contribution in [-0.2, 0) is 0 Å².